The van der Waals surface area contributed by atoms with Crippen LogP contribution in [-0.2, 0) is 23.7 Å². The van der Waals surface area contributed by atoms with Gasteiger partial charge in [-0.15, -0.1) is 0 Å². The van der Waals surface area contributed by atoms with Crippen molar-refractivity contribution in [2.24, 2.45) is 5.11 Å². The molecule has 4 unspecified atom stereocenters. The molecule has 0 bridgehead atoms. The lowest BCUT2D eigenvalue weighted by Crippen LogP contribution is -2.64. The largest absolute Gasteiger partial charge is 0.481 e. The topological polar surface area (TPSA) is 244 Å². The van der Waals surface area contributed by atoms with E-state index in [1.165, 1.54) is 0 Å². The normalized spacial score (nSPS) is 40.8. The van der Waals surface area contributed by atoms with Gasteiger partial charge in [-0.2, -0.15) is 0 Å². The Labute approximate surface area is 176 Å². The Morgan fingerprint density at radius 2 is 1.61 bits per heavy atom. The zero-order valence-corrected chi connectivity index (χ0v) is 16.3. The number of ether oxygens (including phenoxy) is 4. The molecule has 2 fully saturated rings. The number of hydrogen-bond acceptors (Lipinski definition) is 12. The van der Waals surface area contributed by atoms with Crippen LogP contribution in [-0.4, -0.2) is 123 Å². The van der Waals surface area contributed by atoms with E-state index in [0.29, 0.717) is 0 Å². The molecule has 0 aromatic rings. The summed E-state index contributed by atoms with van der Waals surface area (Å²) in [5.41, 5.74) is 8.32. The van der Waals surface area contributed by atoms with Gasteiger partial charge in [-0.1, -0.05) is 5.11 Å². The van der Waals surface area contributed by atoms with Gasteiger partial charge in [-0.3, -0.25) is 4.79 Å². The molecule has 7 N–H and O–H groups in total. The second-order valence-electron chi connectivity index (χ2n) is 7.08. The van der Waals surface area contributed by atoms with Gasteiger partial charge in [0.2, 0.25) is 0 Å². The molecule has 2 rings (SSSR count). The van der Waals surface area contributed by atoms with Crippen LogP contribution in [0.4, 0.5) is 0 Å². The SMILES string of the molecule is [N-]=[N+]=NCCO[C@H]1OC(CO)[C@@H](O)C(O)[C@H]1O[C@H]1OC(CCC(=O)O)[C@@H](O)C(O)[C@H]1O. The molecule has 10 atom stereocenters. The van der Waals surface area contributed by atoms with Gasteiger partial charge in [0.25, 0.3) is 0 Å². The van der Waals surface area contributed by atoms with Crippen LogP contribution in [0.25, 0.3) is 10.4 Å². The highest BCUT2D eigenvalue weighted by atomic mass is 16.8. The molecule has 15 nitrogen and oxygen atoms in total. The van der Waals surface area contributed by atoms with E-state index in [1.807, 2.05) is 0 Å². The van der Waals surface area contributed by atoms with Crippen LogP contribution >= 0.6 is 0 Å². The van der Waals surface area contributed by atoms with Crippen molar-refractivity contribution in [3.8, 4) is 0 Å². The Balaban J connectivity index is 2.14. The predicted octanol–water partition coefficient (Wildman–Crippen LogP) is -3.19. The Kier molecular flexibility index (Phi) is 9.80. The average Bonchev–Trinajstić information content (AvgIpc) is 2.74. The van der Waals surface area contributed by atoms with Crippen LogP contribution in [0.15, 0.2) is 5.11 Å². The highest BCUT2D eigenvalue weighted by molar-refractivity contribution is 5.66. The first-order valence-electron chi connectivity index (χ1n) is 9.53. The second kappa shape index (κ2) is 11.8. The van der Waals surface area contributed by atoms with Crippen LogP contribution in [0.3, 0.4) is 0 Å². The van der Waals surface area contributed by atoms with E-state index in [1.54, 1.807) is 0 Å². The molecule has 2 heterocycles. The molecule has 0 spiro atoms. The Morgan fingerprint density at radius 1 is 0.968 bits per heavy atom. The molecule has 0 amide bonds. The molecule has 0 radical (unpaired) electrons. The molecular weight excluding hydrogens is 426 g/mol. The summed E-state index contributed by atoms with van der Waals surface area (Å²) in [7, 11) is 0. The van der Waals surface area contributed by atoms with Crippen molar-refractivity contribution in [1.82, 2.24) is 0 Å². The number of rotatable bonds is 10. The average molecular weight is 453 g/mol. The number of carboxylic acid groups (broad SMARTS) is 1. The molecule has 0 aromatic heterocycles. The van der Waals surface area contributed by atoms with Crippen LogP contribution in [0.2, 0.25) is 0 Å². The molecule has 0 aliphatic carbocycles. The fourth-order valence-electron chi connectivity index (χ4n) is 3.28. The first-order chi connectivity index (χ1) is 14.7. The molecule has 2 aliphatic heterocycles. The van der Waals surface area contributed by atoms with E-state index < -0.39 is 80.4 Å². The lowest BCUT2D eigenvalue weighted by atomic mass is 9.95. The van der Waals surface area contributed by atoms with Crippen molar-refractivity contribution >= 4 is 5.97 Å². The molecule has 15 heteroatoms. The molecule has 2 aliphatic rings. The maximum atomic E-state index is 10.8. The van der Waals surface area contributed by atoms with E-state index in [4.69, 9.17) is 29.6 Å². The standard InChI is InChI=1S/C16H27N3O12/c17-19-18-3-4-28-16-14(12(26)10(24)7(5-20)30-16)31-15-13(27)11(25)9(23)6(29-15)1-2-8(21)22/h6-7,9-16,20,23-27H,1-5H2,(H,21,22)/t6?,7?,9-,10-,11?,12?,13-,14-,15-,16+/m1/s1. The summed E-state index contributed by atoms with van der Waals surface area (Å²) in [5.74, 6) is -1.17. The Morgan fingerprint density at radius 3 is 2.23 bits per heavy atom. The fraction of sp³-hybridized carbons (Fsp3) is 0.938. The predicted molar refractivity (Wildman–Crippen MR) is 96.1 cm³/mol. The summed E-state index contributed by atoms with van der Waals surface area (Å²) < 4.78 is 21.6. The van der Waals surface area contributed by atoms with Crippen LogP contribution in [0, 0.1) is 0 Å². The number of aliphatic hydroxyl groups excluding tert-OH is 6. The third kappa shape index (κ3) is 6.44. The van der Waals surface area contributed by atoms with Gasteiger partial charge in [0, 0.05) is 17.9 Å². The molecule has 178 valence electrons. The van der Waals surface area contributed by atoms with E-state index in [9.17, 15) is 35.4 Å². The number of aliphatic hydroxyl groups is 6. The monoisotopic (exact) mass is 453 g/mol. The van der Waals surface area contributed by atoms with E-state index >= 15 is 0 Å². The highest BCUT2D eigenvalue weighted by Gasteiger charge is 2.50. The second-order valence-corrected chi connectivity index (χ2v) is 7.08. The van der Waals surface area contributed by atoms with Gasteiger partial charge in [0.1, 0.15) is 42.7 Å². The summed E-state index contributed by atoms with van der Waals surface area (Å²) in [5, 5.41) is 72.3. The van der Waals surface area contributed by atoms with Crippen LogP contribution < -0.4 is 0 Å². The molecule has 0 aromatic carbocycles. The minimum atomic E-state index is -1.79. The summed E-state index contributed by atoms with van der Waals surface area (Å²) in [6.45, 7) is -0.936. The maximum Gasteiger partial charge on any atom is 0.303 e. The van der Waals surface area contributed by atoms with Crippen molar-refractivity contribution in [2.75, 3.05) is 19.8 Å². The fourth-order valence-corrected chi connectivity index (χ4v) is 3.28. The lowest BCUT2D eigenvalue weighted by molar-refractivity contribution is -0.366. The molecule has 0 saturated carbocycles. The highest BCUT2D eigenvalue weighted by Crippen LogP contribution is 2.30. The third-order valence-corrected chi connectivity index (χ3v) is 4.96. The summed E-state index contributed by atoms with van der Waals surface area (Å²) in [6.07, 6.45) is -16.0. The van der Waals surface area contributed by atoms with Gasteiger partial charge in [-0.05, 0) is 12.0 Å². The number of nitrogens with zero attached hydrogens (tertiary/aromatic N) is 3. The summed E-state index contributed by atoms with van der Waals surface area (Å²) in [6, 6.07) is 0. The van der Waals surface area contributed by atoms with E-state index in [-0.39, 0.29) is 19.6 Å². The first-order valence-corrected chi connectivity index (χ1v) is 9.53. The summed E-state index contributed by atoms with van der Waals surface area (Å²) >= 11 is 0. The number of aliphatic carboxylic acids is 1. The first kappa shape index (κ1) is 25.6. The third-order valence-electron chi connectivity index (χ3n) is 4.96. The van der Waals surface area contributed by atoms with Crippen LogP contribution in [0.5, 0.6) is 0 Å². The quantitative estimate of drug-likeness (QED) is 0.0748. The van der Waals surface area contributed by atoms with E-state index in [0.717, 1.165) is 0 Å². The number of carboxylic acids is 1. The minimum Gasteiger partial charge on any atom is -0.481 e. The lowest BCUT2D eigenvalue weighted by Gasteiger charge is -2.46. The van der Waals surface area contributed by atoms with Gasteiger partial charge in [-0.25, -0.2) is 0 Å². The van der Waals surface area contributed by atoms with Crippen molar-refractivity contribution in [3.63, 3.8) is 0 Å². The smallest absolute Gasteiger partial charge is 0.303 e. The number of hydrogen-bond donors (Lipinski definition) is 7. The number of azide groups is 1. The Bertz CT molecular complexity index is 635. The van der Waals surface area contributed by atoms with Crippen molar-refractivity contribution in [1.29, 1.82) is 0 Å². The maximum absolute atomic E-state index is 10.8. The molecular formula is C16H27N3O12. The number of carbonyl (C=O) groups is 1. The van der Waals surface area contributed by atoms with Gasteiger partial charge < -0.3 is 54.7 Å². The summed E-state index contributed by atoms with van der Waals surface area (Å²) in [4.78, 5) is 13.3. The van der Waals surface area contributed by atoms with Gasteiger partial charge in [0.05, 0.1) is 19.3 Å². The van der Waals surface area contributed by atoms with Gasteiger partial charge >= 0.3 is 5.97 Å². The molecule has 31 heavy (non-hydrogen) atoms. The van der Waals surface area contributed by atoms with Crippen molar-refractivity contribution in [3.05, 3.63) is 10.4 Å². The Hall–Kier alpha value is -1.62. The van der Waals surface area contributed by atoms with Crippen molar-refractivity contribution < 1.29 is 59.5 Å². The van der Waals surface area contributed by atoms with Crippen molar-refractivity contribution in [2.45, 2.75) is 74.3 Å². The zero-order valence-electron chi connectivity index (χ0n) is 16.3. The van der Waals surface area contributed by atoms with Gasteiger partial charge in [0.15, 0.2) is 12.6 Å². The van der Waals surface area contributed by atoms with E-state index in [2.05, 4.69) is 10.0 Å². The minimum absolute atomic E-state index is 0.101. The van der Waals surface area contributed by atoms with Crippen LogP contribution in [0.1, 0.15) is 12.8 Å². The molecule has 2 saturated heterocycles. The zero-order chi connectivity index (χ0) is 23.1.